The van der Waals surface area contributed by atoms with Gasteiger partial charge in [0.05, 0.1) is 23.5 Å². The van der Waals surface area contributed by atoms with Crippen molar-refractivity contribution in [1.82, 2.24) is 4.98 Å². The number of hydrogen-bond acceptors (Lipinski definition) is 5. The second kappa shape index (κ2) is 6.90. The zero-order valence-electron chi connectivity index (χ0n) is 12.5. The quantitative estimate of drug-likeness (QED) is 0.907. The summed E-state index contributed by atoms with van der Waals surface area (Å²) in [6.45, 7) is 0.635. The van der Waals surface area contributed by atoms with E-state index in [9.17, 15) is 4.79 Å². The average molecular weight is 308 g/mol. The smallest absolute Gasteiger partial charge is 0.254 e. The number of nitriles is 1. The lowest BCUT2D eigenvalue weighted by Crippen LogP contribution is -2.27. The van der Waals surface area contributed by atoms with E-state index in [2.05, 4.69) is 21.7 Å². The first-order valence-corrected chi connectivity index (χ1v) is 7.40. The van der Waals surface area contributed by atoms with Crippen LogP contribution in [0.2, 0.25) is 0 Å². The molecule has 1 aliphatic rings. The highest BCUT2D eigenvalue weighted by Crippen LogP contribution is 2.19. The van der Waals surface area contributed by atoms with Gasteiger partial charge in [-0.2, -0.15) is 5.26 Å². The molecule has 1 aromatic heterocycles. The second-order valence-electron chi connectivity index (χ2n) is 5.24. The van der Waals surface area contributed by atoms with Crippen molar-refractivity contribution >= 4 is 23.1 Å². The van der Waals surface area contributed by atoms with E-state index < -0.39 is 0 Å². The Balaban J connectivity index is 1.62. The van der Waals surface area contributed by atoms with E-state index in [0.29, 0.717) is 18.0 Å². The standard InChI is InChI=1S/C17H16N4O2/c18-10-12-3-1-4-13(9-12)20-14-6-7-16(19-11-14)21-17(22)15-5-2-8-23-15/h1,3-4,6-7,9,11,15,20H,2,5,8H2,(H,19,21,22). The Kier molecular flexibility index (Phi) is 4.50. The molecule has 0 aliphatic carbocycles. The van der Waals surface area contributed by atoms with Crippen LogP contribution in [0.15, 0.2) is 42.6 Å². The fourth-order valence-corrected chi connectivity index (χ4v) is 2.37. The number of aromatic nitrogens is 1. The van der Waals surface area contributed by atoms with Crippen LogP contribution in [0.1, 0.15) is 18.4 Å². The molecule has 1 aromatic carbocycles. The number of carbonyl (C=O) groups is 1. The third-order valence-corrected chi connectivity index (χ3v) is 3.52. The molecule has 2 aromatic rings. The molecule has 0 bridgehead atoms. The number of hydrogen-bond donors (Lipinski definition) is 2. The number of nitrogens with one attached hydrogen (secondary N) is 2. The molecule has 0 radical (unpaired) electrons. The molecule has 3 rings (SSSR count). The molecular weight excluding hydrogens is 292 g/mol. The number of benzene rings is 1. The molecule has 1 amide bonds. The zero-order valence-corrected chi connectivity index (χ0v) is 12.5. The Morgan fingerprint density at radius 2 is 2.22 bits per heavy atom. The van der Waals surface area contributed by atoms with E-state index >= 15 is 0 Å². The average Bonchev–Trinajstić information content (AvgIpc) is 3.11. The maximum atomic E-state index is 11.9. The van der Waals surface area contributed by atoms with Gasteiger partial charge in [-0.05, 0) is 43.2 Å². The summed E-state index contributed by atoms with van der Waals surface area (Å²) in [5, 5.41) is 14.8. The first kappa shape index (κ1) is 15.0. The SMILES string of the molecule is N#Cc1cccc(Nc2ccc(NC(=O)C3CCCO3)nc2)c1. The summed E-state index contributed by atoms with van der Waals surface area (Å²) < 4.78 is 5.33. The molecule has 1 fully saturated rings. The van der Waals surface area contributed by atoms with E-state index in [1.807, 2.05) is 18.2 Å². The Morgan fingerprint density at radius 1 is 1.30 bits per heavy atom. The monoisotopic (exact) mass is 308 g/mol. The van der Waals surface area contributed by atoms with Crippen LogP contribution in [0.3, 0.4) is 0 Å². The summed E-state index contributed by atoms with van der Waals surface area (Å²) in [5.74, 6) is 0.333. The molecular formula is C17H16N4O2. The van der Waals surface area contributed by atoms with Crippen molar-refractivity contribution in [2.24, 2.45) is 0 Å². The van der Waals surface area contributed by atoms with Crippen molar-refractivity contribution in [2.45, 2.75) is 18.9 Å². The molecule has 1 unspecified atom stereocenters. The van der Waals surface area contributed by atoms with E-state index in [-0.39, 0.29) is 12.0 Å². The van der Waals surface area contributed by atoms with Gasteiger partial charge in [-0.1, -0.05) is 6.07 Å². The topological polar surface area (TPSA) is 87.0 Å². The maximum absolute atomic E-state index is 11.9. The number of carbonyl (C=O) groups excluding carboxylic acids is 1. The van der Waals surface area contributed by atoms with Crippen molar-refractivity contribution in [3.05, 3.63) is 48.2 Å². The van der Waals surface area contributed by atoms with Gasteiger partial charge in [-0.15, -0.1) is 0 Å². The van der Waals surface area contributed by atoms with Crippen molar-refractivity contribution in [1.29, 1.82) is 5.26 Å². The Hall–Kier alpha value is -2.91. The van der Waals surface area contributed by atoms with Crippen molar-refractivity contribution in [3.63, 3.8) is 0 Å². The highest BCUT2D eigenvalue weighted by Gasteiger charge is 2.23. The summed E-state index contributed by atoms with van der Waals surface area (Å²) in [4.78, 5) is 16.2. The van der Waals surface area contributed by atoms with E-state index in [1.165, 1.54) is 0 Å². The largest absolute Gasteiger partial charge is 0.368 e. The number of rotatable bonds is 4. The van der Waals surface area contributed by atoms with Crippen LogP contribution in [0.5, 0.6) is 0 Å². The highest BCUT2D eigenvalue weighted by atomic mass is 16.5. The normalized spacial score (nSPS) is 16.6. The molecule has 6 heteroatoms. The lowest BCUT2D eigenvalue weighted by molar-refractivity contribution is -0.124. The van der Waals surface area contributed by atoms with E-state index in [1.54, 1.807) is 24.4 Å². The first-order valence-electron chi connectivity index (χ1n) is 7.40. The van der Waals surface area contributed by atoms with Crippen molar-refractivity contribution in [2.75, 3.05) is 17.2 Å². The van der Waals surface area contributed by atoms with E-state index in [4.69, 9.17) is 10.00 Å². The molecule has 1 atom stereocenters. The van der Waals surface area contributed by atoms with Gasteiger partial charge in [0, 0.05) is 12.3 Å². The van der Waals surface area contributed by atoms with Crippen LogP contribution in [0.25, 0.3) is 0 Å². The van der Waals surface area contributed by atoms with E-state index in [0.717, 1.165) is 24.2 Å². The second-order valence-corrected chi connectivity index (χ2v) is 5.24. The van der Waals surface area contributed by atoms with Crippen LogP contribution in [0, 0.1) is 11.3 Å². The molecule has 116 valence electrons. The third-order valence-electron chi connectivity index (χ3n) is 3.52. The van der Waals surface area contributed by atoms with Gasteiger partial charge >= 0.3 is 0 Å². The number of amides is 1. The molecule has 0 saturated carbocycles. The Morgan fingerprint density at radius 3 is 2.91 bits per heavy atom. The van der Waals surface area contributed by atoms with Crippen LogP contribution >= 0.6 is 0 Å². The summed E-state index contributed by atoms with van der Waals surface area (Å²) in [6, 6.07) is 12.8. The van der Waals surface area contributed by atoms with Crippen LogP contribution in [0.4, 0.5) is 17.2 Å². The molecule has 1 aliphatic heterocycles. The predicted octanol–water partition coefficient (Wildman–Crippen LogP) is 2.81. The Bertz CT molecular complexity index is 731. The Labute approximate surface area is 134 Å². The van der Waals surface area contributed by atoms with Gasteiger partial charge in [0.1, 0.15) is 11.9 Å². The molecule has 6 nitrogen and oxygen atoms in total. The number of pyridine rings is 1. The molecule has 23 heavy (non-hydrogen) atoms. The minimum Gasteiger partial charge on any atom is -0.368 e. The van der Waals surface area contributed by atoms with Gasteiger partial charge in [0.2, 0.25) is 0 Å². The van der Waals surface area contributed by atoms with Gasteiger partial charge in [-0.3, -0.25) is 4.79 Å². The molecule has 2 heterocycles. The maximum Gasteiger partial charge on any atom is 0.254 e. The lowest BCUT2D eigenvalue weighted by Gasteiger charge is -2.11. The summed E-state index contributed by atoms with van der Waals surface area (Å²) in [5.41, 5.74) is 2.17. The minimum absolute atomic E-state index is 0.155. The summed E-state index contributed by atoms with van der Waals surface area (Å²) >= 11 is 0. The molecule has 1 saturated heterocycles. The van der Waals surface area contributed by atoms with Crippen LogP contribution in [-0.4, -0.2) is 23.6 Å². The fourth-order valence-electron chi connectivity index (χ4n) is 2.37. The van der Waals surface area contributed by atoms with Crippen LogP contribution in [-0.2, 0) is 9.53 Å². The number of nitrogens with zero attached hydrogens (tertiary/aromatic N) is 2. The summed E-state index contributed by atoms with van der Waals surface area (Å²) in [7, 11) is 0. The van der Waals surface area contributed by atoms with Crippen molar-refractivity contribution < 1.29 is 9.53 Å². The van der Waals surface area contributed by atoms with Gasteiger partial charge in [0.15, 0.2) is 0 Å². The third kappa shape index (κ3) is 3.84. The zero-order chi connectivity index (χ0) is 16.1. The van der Waals surface area contributed by atoms with Gasteiger partial charge in [0.25, 0.3) is 5.91 Å². The fraction of sp³-hybridized carbons (Fsp3) is 0.235. The molecule has 0 spiro atoms. The lowest BCUT2D eigenvalue weighted by atomic mass is 10.2. The number of ether oxygens (including phenoxy) is 1. The number of anilines is 3. The van der Waals surface area contributed by atoms with Crippen LogP contribution < -0.4 is 10.6 Å². The van der Waals surface area contributed by atoms with Crippen molar-refractivity contribution in [3.8, 4) is 6.07 Å². The summed E-state index contributed by atoms with van der Waals surface area (Å²) in [6.07, 6.45) is 2.92. The van der Waals surface area contributed by atoms with Gasteiger partial charge in [-0.25, -0.2) is 4.98 Å². The minimum atomic E-state index is -0.372. The highest BCUT2D eigenvalue weighted by molar-refractivity contribution is 5.93. The van der Waals surface area contributed by atoms with Gasteiger partial charge < -0.3 is 15.4 Å². The predicted molar refractivity (Wildman–Crippen MR) is 86.3 cm³/mol. The first-order chi connectivity index (χ1) is 11.2. The molecule has 2 N–H and O–H groups in total.